The molecular formula is C7H10S. The second-order valence-corrected chi connectivity index (χ2v) is 3.15. The maximum absolute atomic E-state index is 4.17. The van der Waals surface area contributed by atoms with Crippen LogP contribution in [0.4, 0.5) is 0 Å². The Hall–Kier alpha value is -0.350. The van der Waals surface area contributed by atoms with Crippen molar-refractivity contribution >= 4 is 12.6 Å². The molecule has 0 saturated carbocycles. The number of rotatable bonds is 0. The van der Waals surface area contributed by atoms with Crippen molar-refractivity contribution in [1.29, 1.82) is 0 Å². The molecule has 0 unspecified atom stereocenters. The molecule has 0 fully saturated rings. The molecule has 0 aliphatic heterocycles. The molecule has 0 rings (SSSR count). The molecule has 0 amide bonds. The van der Waals surface area contributed by atoms with Crippen molar-refractivity contribution in [2.75, 3.05) is 0 Å². The van der Waals surface area contributed by atoms with Gasteiger partial charge in [-0.15, -0.1) is 0 Å². The Balaban J connectivity index is 3.87. The lowest BCUT2D eigenvalue weighted by Gasteiger charge is -2.04. The van der Waals surface area contributed by atoms with E-state index in [2.05, 4.69) is 31.0 Å². The van der Waals surface area contributed by atoms with Gasteiger partial charge in [0.05, 0.1) is 4.75 Å². The van der Waals surface area contributed by atoms with Gasteiger partial charge in [-0.05, 0) is 19.9 Å². The van der Waals surface area contributed by atoms with Gasteiger partial charge >= 0.3 is 0 Å². The normalized spacial score (nSPS) is 9.38. The van der Waals surface area contributed by atoms with Crippen LogP contribution >= 0.6 is 12.6 Å². The largest absolute Gasteiger partial charge is 0.160 e. The van der Waals surface area contributed by atoms with Gasteiger partial charge in [-0.1, -0.05) is 18.4 Å². The second kappa shape index (κ2) is 2.84. The van der Waals surface area contributed by atoms with E-state index >= 15 is 0 Å². The molecule has 0 nitrogen and oxygen atoms in total. The highest BCUT2D eigenvalue weighted by Crippen LogP contribution is 2.08. The standard InChI is InChI=1S/C7H10S/c1-4-5-6-7(2,3)8/h4,8H,1H2,2-3H3. The predicted molar refractivity (Wildman–Crippen MR) is 41.0 cm³/mol. The highest BCUT2D eigenvalue weighted by atomic mass is 32.1. The molecule has 0 spiro atoms. The van der Waals surface area contributed by atoms with Crippen molar-refractivity contribution in [3.63, 3.8) is 0 Å². The van der Waals surface area contributed by atoms with E-state index < -0.39 is 0 Å². The zero-order valence-electron chi connectivity index (χ0n) is 5.23. The van der Waals surface area contributed by atoms with Crippen LogP contribution in [-0.2, 0) is 0 Å². The van der Waals surface area contributed by atoms with Gasteiger partial charge in [-0.2, -0.15) is 12.6 Å². The number of hydrogen-bond acceptors (Lipinski definition) is 1. The Kier molecular flexibility index (Phi) is 2.71. The van der Waals surface area contributed by atoms with Crippen LogP contribution in [0, 0.1) is 11.8 Å². The van der Waals surface area contributed by atoms with Crippen molar-refractivity contribution < 1.29 is 0 Å². The number of allylic oxidation sites excluding steroid dienone is 1. The minimum Gasteiger partial charge on any atom is -0.160 e. The molecule has 0 atom stereocenters. The van der Waals surface area contributed by atoms with Crippen LogP contribution in [0.1, 0.15) is 13.8 Å². The molecule has 8 heavy (non-hydrogen) atoms. The highest BCUT2D eigenvalue weighted by Gasteiger charge is 2.03. The minimum absolute atomic E-state index is 0.186. The third-order valence-electron chi connectivity index (χ3n) is 0.480. The quantitative estimate of drug-likeness (QED) is 0.372. The molecule has 0 aliphatic carbocycles. The fourth-order valence-corrected chi connectivity index (χ4v) is 0.292. The molecule has 0 aromatic rings. The smallest absolute Gasteiger partial charge is 0.0683 e. The summed E-state index contributed by atoms with van der Waals surface area (Å²) in [6, 6.07) is 0. The van der Waals surface area contributed by atoms with E-state index in [1.165, 1.54) is 0 Å². The van der Waals surface area contributed by atoms with E-state index in [9.17, 15) is 0 Å². The Morgan fingerprint density at radius 2 is 2.12 bits per heavy atom. The summed E-state index contributed by atoms with van der Waals surface area (Å²) in [4.78, 5) is 0. The van der Waals surface area contributed by atoms with E-state index in [1.54, 1.807) is 6.08 Å². The van der Waals surface area contributed by atoms with Gasteiger partial charge in [-0.3, -0.25) is 0 Å². The average molecular weight is 126 g/mol. The lowest BCUT2D eigenvalue weighted by Crippen LogP contribution is -2.04. The molecule has 0 radical (unpaired) electrons. The topological polar surface area (TPSA) is 0 Å². The van der Waals surface area contributed by atoms with Crippen LogP contribution < -0.4 is 0 Å². The maximum Gasteiger partial charge on any atom is 0.0683 e. The van der Waals surface area contributed by atoms with Gasteiger partial charge in [0.2, 0.25) is 0 Å². The van der Waals surface area contributed by atoms with Crippen molar-refractivity contribution in [3.05, 3.63) is 12.7 Å². The van der Waals surface area contributed by atoms with Gasteiger partial charge in [-0.25, -0.2) is 0 Å². The van der Waals surface area contributed by atoms with Crippen LogP contribution in [0.2, 0.25) is 0 Å². The molecule has 0 bridgehead atoms. The highest BCUT2D eigenvalue weighted by molar-refractivity contribution is 7.82. The fraction of sp³-hybridized carbons (Fsp3) is 0.429. The summed E-state index contributed by atoms with van der Waals surface area (Å²) in [5.74, 6) is 5.59. The molecule has 0 saturated heterocycles. The zero-order valence-corrected chi connectivity index (χ0v) is 6.13. The summed E-state index contributed by atoms with van der Waals surface area (Å²) in [5, 5.41) is 0. The summed E-state index contributed by atoms with van der Waals surface area (Å²) < 4.78 is -0.186. The molecule has 0 heterocycles. The first-order chi connectivity index (χ1) is 3.56. The van der Waals surface area contributed by atoms with Gasteiger partial charge < -0.3 is 0 Å². The SMILES string of the molecule is C=CC#CC(C)(C)S. The van der Waals surface area contributed by atoms with Gasteiger partial charge in [0, 0.05) is 0 Å². The first-order valence-corrected chi connectivity index (χ1v) is 2.87. The second-order valence-electron chi connectivity index (χ2n) is 2.03. The van der Waals surface area contributed by atoms with E-state index in [0.717, 1.165) is 0 Å². The predicted octanol–water partition coefficient (Wildman–Crippen LogP) is 1.88. The molecule has 0 aromatic carbocycles. The monoisotopic (exact) mass is 126 g/mol. The summed E-state index contributed by atoms with van der Waals surface area (Å²) >= 11 is 4.17. The Morgan fingerprint density at radius 3 is 2.25 bits per heavy atom. The lowest BCUT2D eigenvalue weighted by molar-refractivity contribution is 0.944. The van der Waals surface area contributed by atoms with Crippen molar-refractivity contribution in [2.24, 2.45) is 0 Å². The van der Waals surface area contributed by atoms with Gasteiger partial charge in [0.25, 0.3) is 0 Å². The third kappa shape index (κ3) is 5.65. The zero-order chi connectivity index (χ0) is 6.62. The first-order valence-electron chi connectivity index (χ1n) is 2.42. The van der Waals surface area contributed by atoms with Crippen molar-refractivity contribution in [1.82, 2.24) is 0 Å². The summed E-state index contributed by atoms with van der Waals surface area (Å²) in [7, 11) is 0. The number of hydrogen-bond donors (Lipinski definition) is 1. The molecule has 0 aliphatic rings. The van der Waals surface area contributed by atoms with Crippen LogP contribution in [0.3, 0.4) is 0 Å². The Labute approximate surface area is 56.4 Å². The first kappa shape index (κ1) is 7.65. The molecule has 0 aromatic heterocycles. The third-order valence-corrected chi connectivity index (χ3v) is 0.592. The maximum atomic E-state index is 4.17. The summed E-state index contributed by atoms with van der Waals surface area (Å²) in [5.41, 5.74) is 0. The summed E-state index contributed by atoms with van der Waals surface area (Å²) in [6.07, 6.45) is 1.57. The van der Waals surface area contributed by atoms with Gasteiger partial charge in [0.15, 0.2) is 0 Å². The van der Waals surface area contributed by atoms with Gasteiger partial charge in [0.1, 0.15) is 0 Å². The summed E-state index contributed by atoms with van der Waals surface area (Å²) in [6.45, 7) is 7.33. The van der Waals surface area contributed by atoms with Crippen LogP contribution in [0.15, 0.2) is 12.7 Å². The van der Waals surface area contributed by atoms with Crippen LogP contribution in [0.5, 0.6) is 0 Å². The van der Waals surface area contributed by atoms with E-state index in [0.29, 0.717) is 0 Å². The van der Waals surface area contributed by atoms with Crippen LogP contribution in [0.25, 0.3) is 0 Å². The van der Waals surface area contributed by atoms with E-state index in [-0.39, 0.29) is 4.75 Å². The Bertz CT molecular complexity index is 129. The molecule has 44 valence electrons. The minimum atomic E-state index is -0.186. The van der Waals surface area contributed by atoms with E-state index in [1.807, 2.05) is 13.8 Å². The van der Waals surface area contributed by atoms with Crippen LogP contribution in [-0.4, -0.2) is 4.75 Å². The Morgan fingerprint density at radius 1 is 1.62 bits per heavy atom. The molecule has 0 N–H and O–H groups in total. The van der Waals surface area contributed by atoms with Crippen molar-refractivity contribution in [3.8, 4) is 11.8 Å². The number of thiol groups is 1. The van der Waals surface area contributed by atoms with Crippen molar-refractivity contribution in [2.45, 2.75) is 18.6 Å². The molecule has 1 heteroatoms. The average Bonchev–Trinajstić information content (AvgIpc) is 1.59. The fourth-order valence-electron chi connectivity index (χ4n) is 0.228. The van der Waals surface area contributed by atoms with E-state index in [4.69, 9.17) is 0 Å². The molecular weight excluding hydrogens is 116 g/mol. The lowest BCUT2D eigenvalue weighted by atomic mass is 10.2.